The van der Waals surface area contributed by atoms with Crippen molar-refractivity contribution in [3.05, 3.63) is 140 Å². The average molecular weight is 441 g/mol. The highest BCUT2D eigenvalue weighted by Gasteiger charge is 2.12. The van der Waals surface area contributed by atoms with Crippen LogP contribution in [0.4, 0.5) is 28.4 Å². The van der Waals surface area contributed by atoms with Crippen LogP contribution in [0.15, 0.2) is 140 Å². The van der Waals surface area contributed by atoms with Gasteiger partial charge in [0.15, 0.2) is 0 Å². The van der Waals surface area contributed by atoms with E-state index in [1.54, 1.807) is 0 Å². The largest absolute Gasteiger partial charge is 0.342 e. The van der Waals surface area contributed by atoms with Crippen LogP contribution in [-0.2, 0) is 0 Å². The maximum atomic E-state index is 2.32. The smallest absolute Gasteiger partial charge is 0.0462 e. The summed E-state index contributed by atoms with van der Waals surface area (Å²) in [5, 5.41) is 0. The van der Waals surface area contributed by atoms with Gasteiger partial charge in [-0.2, -0.15) is 0 Å². The topological polar surface area (TPSA) is 6.48 Å². The minimum absolute atomic E-state index is 0.923. The first-order valence-electron chi connectivity index (χ1n) is 11.8. The summed E-state index contributed by atoms with van der Waals surface area (Å²) in [6.45, 7) is 3.11. The first kappa shape index (κ1) is 21.5. The van der Waals surface area contributed by atoms with Crippen molar-refractivity contribution < 1.29 is 0 Å². The molecule has 0 heterocycles. The zero-order valence-electron chi connectivity index (χ0n) is 19.4. The summed E-state index contributed by atoms with van der Waals surface area (Å²) in [6, 6.07) is 49.2. The third kappa shape index (κ3) is 4.57. The first-order valence-corrected chi connectivity index (χ1v) is 11.8. The minimum Gasteiger partial charge on any atom is -0.342 e. The van der Waals surface area contributed by atoms with Crippen molar-refractivity contribution in [2.45, 2.75) is 6.92 Å². The minimum atomic E-state index is 0.923. The molecule has 0 aromatic heterocycles. The van der Waals surface area contributed by atoms with Gasteiger partial charge in [0.25, 0.3) is 0 Å². The van der Waals surface area contributed by atoms with E-state index < -0.39 is 0 Å². The second-order valence-corrected chi connectivity index (χ2v) is 8.18. The Hall–Kier alpha value is -4.30. The van der Waals surface area contributed by atoms with Gasteiger partial charge in [-0.25, -0.2) is 0 Å². The zero-order valence-corrected chi connectivity index (χ0v) is 19.4. The molecule has 34 heavy (non-hydrogen) atoms. The summed E-state index contributed by atoms with van der Waals surface area (Å²) in [5.74, 6) is 0. The Morgan fingerprint density at radius 2 is 0.706 bits per heavy atom. The van der Waals surface area contributed by atoms with E-state index in [0.717, 1.165) is 23.6 Å². The molecule has 5 aromatic carbocycles. The molecule has 0 saturated carbocycles. The molecule has 0 saturated heterocycles. The lowest BCUT2D eigenvalue weighted by Gasteiger charge is -2.25. The Labute approximate surface area is 202 Å². The highest BCUT2D eigenvalue weighted by Crippen LogP contribution is 2.35. The van der Waals surface area contributed by atoms with E-state index in [4.69, 9.17) is 0 Å². The average Bonchev–Trinajstić information content (AvgIpc) is 2.92. The Morgan fingerprint density at radius 1 is 0.382 bits per heavy atom. The molecular weight excluding hydrogens is 412 g/mol. The van der Waals surface area contributed by atoms with Gasteiger partial charge in [0, 0.05) is 35.0 Å². The molecule has 0 aliphatic rings. The number of hydrogen-bond donors (Lipinski definition) is 0. The summed E-state index contributed by atoms with van der Waals surface area (Å²) in [4.78, 5) is 4.61. The maximum Gasteiger partial charge on any atom is 0.0462 e. The molecule has 0 fully saturated rings. The fraction of sp³-hybridized carbons (Fsp3) is 0.0625. The van der Waals surface area contributed by atoms with Crippen LogP contribution in [0.1, 0.15) is 6.92 Å². The normalized spacial score (nSPS) is 10.6. The van der Waals surface area contributed by atoms with E-state index >= 15 is 0 Å². The molecule has 0 atom stereocenters. The molecule has 2 heteroatoms. The Morgan fingerprint density at radius 3 is 1.12 bits per heavy atom. The van der Waals surface area contributed by atoms with Gasteiger partial charge in [-0.15, -0.1) is 0 Å². The summed E-state index contributed by atoms with van der Waals surface area (Å²) in [6.07, 6.45) is 0. The van der Waals surface area contributed by atoms with Gasteiger partial charge in [-0.1, -0.05) is 78.9 Å². The predicted octanol–water partition coefficient (Wildman–Crippen LogP) is 8.98. The van der Waals surface area contributed by atoms with E-state index in [1.807, 2.05) is 0 Å². The van der Waals surface area contributed by atoms with Crippen LogP contribution in [-0.4, -0.2) is 6.54 Å². The van der Waals surface area contributed by atoms with Crippen LogP contribution in [0, 0.1) is 0 Å². The summed E-state index contributed by atoms with van der Waals surface area (Å²) >= 11 is 0. The number of benzene rings is 5. The van der Waals surface area contributed by atoms with E-state index in [0.29, 0.717) is 0 Å². The van der Waals surface area contributed by atoms with E-state index in [1.165, 1.54) is 22.5 Å². The van der Waals surface area contributed by atoms with Gasteiger partial charge in [0.2, 0.25) is 0 Å². The van der Waals surface area contributed by atoms with Gasteiger partial charge >= 0.3 is 0 Å². The lowest BCUT2D eigenvalue weighted by atomic mass is 10.0. The van der Waals surface area contributed by atoms with Crippen LogP contribution in [0.5, 0.6) is 0 Å². The van der Waals surface area contributed by atoms with Crippen LogP contribution in [0.3, 0.4) is 0 Å². The van der Waals surface area contributed by atoms with Gasteiger partial charge in [0.1, 0.15) is 0 Å². The third-order valence-electron chi connectivity index (χ3n) is 6.05. The highest BCUT2D eigenvalue weighted by molar-refractivity contribution is 5.78. The molecule has 0 unspecified atom stereocenters. The number of para-hydroxylation sites is 3. The maximum absolute atomic E-state index is 2.32. The quantitative estimate of drug-likeness (QED) is 0.249. The Bertz CT molecular complexity index is 1260. The Balaban J connectivity index is 1.42. The van der Waals surface area contributed by atoms with E-state index in [-0.39, 0.29) is 0 Å². The second-order valence-electron chi connectivity index (χ2n) is 8.18. The van der Waals surface area contributed by atoms with Crippen molar-refractivity contribution in [3.63, 3.8) is 0 Å². The van der Waals surface area contributed by atoms with Crippen molar-refractivity contribution >= 4 is 28.4 Å². The molecule has 0 aliphatic heterocycles. The molecule has 166 valence electrons. The molecule has 2 nitrogen and oxygen atoms in total. The fourth-order valence-electron chi connectivity index (χ4n) is 4.36. The number of rotatable bonds is 7. The summed E-state index contributed by atoms with van der Waals surface area (Å²) in [7, 11) is 0. The molecule has 5 rings (SSSR count). The molecule has 0 spiro atoms. The van der Waals surface area contributed by atoms with Crippen LogP contribution < -0.4 is 9.80 Å². The van der Waals surface area contributed by atoms with Crippen LogP contribution in [0.2, 0.25) is 0 Å². The van der Waals surface area contributed by atoms with Crippen molar-refractivity contribution in [3.8, 4) is 11.1 Å². The number of hydrogen-bond acceptors (Lipinski definition) is 2. The standard InChI is InChI=1S/C32H28N2/c1-2-33(28-12-6-3-7-13-28)29-22-18-26(19-23-29)27-20-24-32(25-21-27)34(30-14-8-4-9-15-30)31-16-10-5-11-17-31/h3-25H,2H2,1H3. The molecule has 5 aromatic rings. The van der Waals surface area contributed by atoms with Gasteiger partial charge < -0.3 is 9.80 Å². The lowest BCUT2D eigenvalue weighted by molar-refractivity contribution is 1.02. The summed E-state index contributed by atoms with van der Waals surface area (Å²) < 4.78 is 0. The molecular formula is C32H28N2. The second kappa shape index (κ2) is 10.1. The van der Waals surface area contributed by atoms with Crippen molar-refractivity contribution in [1.29, 1.82) is 0 Å². The molecule has 0 radical (unpaired) electrons. The third-order valence-corrected chi connectivity index (χ3v) is 6.05. The van der Waals surface area contributed by atoms with Crippen molar-refractivity contribution in [2.75, 3.05) is 16.3 Å². The molecule has 0 amide bonds. The SMILES string of the molecule is CCN(c1ccccc1)c1ccc(-c2ccc(N(c3ccccc3)c3ccccc3)cc2)cc1. The number of nitrogens with zero attached hydrogens (tertiary/aromatic N) is 2. The van der Waals surface area contributed by atoms with Crippen LogP contribution >= 0.6 is 0 Å². The molecule has 0 bridgehead atoms. The van der Waals surface area contributed by atoms with Gasteiger partial charge in [-0.05, 0) is 78.7 Å². The highest BCUT2D eigenvalue weighted by atomic mass is 15.1. The van der Waals surface area contributed by atoms with Gasteiger partial charge in [-0.3, -0.25) is 0 Å². The fourth-order valence-corrected chi connectivity index (χ4v) is 4.36. The summed E-state index contributed by atoms with van der Waals surface area (Å²) in [5.41, 5.74) is 8.26. The molecule has 0 N–H and O–H groups in total. The lowest BCUT2D eigenvalue weighted by Crippen LogP contribution is -2.15. The van der Waals surface area contributed by atoms with E-state index in [9.17, 15) is 0 Å². The first-order chi connectivity index (χ1) is 16.8. The zero-order chi connectivity index (χ0) is 23.2. The monoisotopic (exact) mass is 440 g/mol. The Kier molecular flexibility index (Phi) is 6.40. The van der Waals surface area contributed by atoms with Crippen molar-refractivity contribution in [2.24, 2.45) is 0 Å². The number of anilines is 5. The van der Waals surface area contributed by atoms with Crippen molar-refractivity contribution in [1.82, 2.24) is 0 Å². The van der Waals surface area contributed by atoms with Gasteiger partial charge in [0.05, 0.1) is 0 Å². The van der Waals surface area contributed by atoms with E-state index in [2.05, 4.69) is 156 Å². The predicted molar refractivity (Wildman–Crippen MR) is 146 cm³/mol. The van der Waals surface area contributed by atoms with Crippen LogP contribution in [0.25, 0.3) is 11.1 Å². The molecule has 0 aliphatic carbocycles.